The lowest BCUT2D eigenvalue weighted by Gasteiger charge is -2.37. The summed E-state index contributed by atoms with van der Waals surface area (Å²) in [7, 11) is 3.20. The van der Waals surface area contributed by atoms with E-state index in [2.05, 4.69) is 0 Å². The van der Waals surface area contributed by atoms with Crippen molar-refractivity contribution in [3.8, 4) is 11.5 Å². The molecule has 1 fully saturated rings. The lowest BCUT2D eigenvalue weighted by atomic mass is 10.0. The number of β-lactam (4-membered cyclic amide) rings is 1. The summed E-state index contributed by atoms with van der Waals surface area (Å²) in [5, 5.41) is 1.50. The molecule has 148 valence electrons. The molecule has 2 aliphatic heterocycles. The first kappa shape index (κ1) is 19.1. The Balaban J connectivity index is 1.38. The Morgan fingerprint density at radius 1 is 1.03 bits per heavy atom. The number of carbonyl (C=O) groups is 2. The molecule has 7 heteroatoms. The molecule has 0 N–H and O–H groups in total. The number of hydrogen-bond donors (Lipinski definition) is 0. The molecule has 2 aromatic carbocycles. The number of ether oxygens (including phenoxy) is 3. The van der Waals surface area contributed by atoms with Gasteiger partial charge in [-0.05, 0) is 41.5 Å². The molecule has 1 saturated heterocycles. The molecular formula is C22H19NO5S. The number of esters is 1. The molecule has 0 aliphatic carbocycles. The van der Waals surface area contributed by atoms with Crippen LogP contribution in [0.15, 0.2) is 65.2 Å². The van der Waals surface area contributed by atoms with Crippen LogP contribution in [0.2, 0.25) is 0 Å². The zero-order chi connectivity index (χ0) is 20.4. The van der Waals surface area contributed by atoms with Gasteiger partial charge in [-0.1, -0.05) is 24.3 Å². The lowest BCUT2D eigenvalue weighted by molar-refractivity contribution is -0.146. The molecular weight excluding hydrogens is 390 g/mol. The standard InChI is InChI=1S/C22H19NO5S/c1-26-16-7-3-14(4-8-16)11-18-20(24)23-19(13-29-21(18)23)22(25)28-12-15-5-9-17(27-2)10-6-15/h3-11,13,21H,12H2,1-2H3/t21-/m1/s1. The van der Waals surface area contributed by atoms with Crippen molar-refractivity contribution < 1.29 is 23.8 Å². The Kier molecular flexibility index (Phi) is 5.31. The zero-order valence-corrected chi connectivity index (χ0v) is 16.8. The molecule has 2 aliphatic rings. The molecule has 1 amide bonds. The average Bonchev–Trinajstić information content (AvgIpc) is 3.17. The predicted octanol–water partition coefficient (Wildman–Crippen LogP) is 3.59. The van der Waals surface area contributed by atoms with Gasteiger partial charge in [0, 0.05) is 5.41 Å². The van der Waals surface area contributed by atoms with Gasteiger partial charge in [-0.2, -0.15) is 0 Å². The van der Waals surface area contributed by atoms with Crippen molar-refractivity contribution in [3.05, 3.63) is 76.3 Å². The topological polar surface area (TPSA) is 65.1 Å². The number of thioether (sulfide) groups is 1. The van der Waals surface area contributed by atoms with E-state index in [1.165, 1.54) is 16.7 Å². The molecule has 4 rings (SSSR count). The summed E-state index contributed by atoms with van der Waals surface area (Å²) < 4.78 is 15.6. The maximum absolute atomic E-state index is 12.6. The van der Waals surface area contributed by atoms with E-state index in [1.807, 2.05) is 42.5 Å². The third-order valence-electron chi connectivity index (χ3n) is 4.71. The highest BCUT2D eigenvalue weighted by Gasteiger charge is 2.49. The van der Waals surface area contributed by atoms with Gasteiger partial charge in [0.25, 0.3) is 5.91 Å². The van der Waals surface area contributed by atoms with Crippen LogP contribution in [0.4, 0.5) is 0 Å². The van der Waals surface area contributed by atoms with Gasteiger partial charge in [0.1, 0.15) is 29.2 Å². The van der Waals surface area contributed by atoms with Crippen molar-refractivity contribution in [2.45, 2.75) is 12.0 Å². The largest absolute Gasteiger partial charge is 0.497 e. The van der Waals surface area contributed by atoms with E-state index in [9.17, 15) is 9.59 Å². The highest BCUT2D eigenvalue weighted by molar-refractivity contribution is 8.03. The van der Waals surface area contributed by atoms with Gasteiger partial charge in [0.15, 0.2) is 0 Å². The summed E-state index contributed by atoms with van der Waals surface area (Å²) in [6, 6.07) is 14.7. The smallest absolute Gasteiger partial charge is 0.355 e. The summed E-state index contributed by atoms with van der Waals surface area (Å²) in [4.78, 5) is 26.5. The summed E-state index contributed by atoms with van der Waals surface area (Å²) >= 11 is 1.43. The second kappa shape index (κ2) is 8.05. The fourth-order valence-electron chi connectivity index (χ4n) is 3.08. The van der Waals surface area contributed by atoms with Crippen molar-refractivity contribution in [1.29, 1.82) is 0 Å². The van der Waals surface area contributed by atoms with Crippen LogP contribution in [0.25, 0.3) is 6.08 Å². The molecule has 2 aromatic rings. The van der Waals surface area contributed by atoms with Gasteiger partial charge in [0.05, 0.1) is 19.8 Å². The maximum atomic E-state index is 12.6. The maximum Gasteiger partial charge on any atom is 0.355 e. The van der Waals surface area contributed by atoms with Crippen LogP contribution in [0.3, 0.4) is 0 Å². The van der Waals surface area contributed by atoms with Crippen molar-refractivity contribution in [1.82, 2.24) is 4.90 Å². The Morgan fingerprint density at radius 3 is 2.28 bits per heavy atom. The van der Waals surface area contributed by atoms with Gasteiger partial charge < -0.3 is 14.2 Å². The van der Waals surface area contributed by atoms with Crippen molar-refractivity contribution in [3.63, 3.8) is 0 Å². The first-order chi connectivity index (χ1) is 14.1. The first-order valence-corrected chi connectivity index (χ1v) is 9.90. The summed E-state index contributed by atoms with van der Waals surface area (Å²) in [5.41, 5.74) is 2.70. The zero-order valence-electron chi connectivity index (χ0n) is 16.0. The number of benzene rings is 2. The predicted molar refractivity (Wildman–Crippen MR) is 110 cm³/mol. The highest BCUT2D eigenvalue weighted by Crippen LogP contribution is 2.45. The summed E-state index contributed by atoms with van der Waals surface area (Å²) in [6.45, 7) is 0.131. The second-order valence-electron chi connectivity index (χ2n) is 6.46. The van der Waals surface area contributed by atoms with Crippen molar-refractivity contribution in [2.24, 2.45) is 0 Å². The minimum Gasteiger partial charge on any atom is -0.497 e. The SMILES string of the molecule is COc1ccc(C=C2C(=O)N3C(C(=O)OCc4ccc(OC)cc4)=CS[C@H]23)cc1. The normalized spacial score (nSPS) is 18.8. The number of amides is 1. The van der Waals surface area contributed by atoms with Crippen LogP contribution in [0.1, 0.15) is 11.1 Å². The molecule has 1 atom stereocenters. The van der Waals surface area contributed by atoms with Crippen molar-refractivity contribution in [2.75, 3.05) is 14.2 Å². The Morgan fingerprint density at radius 2 is 1.66 bits per heavy atom. The van der Waals surface area contributed by atoms with Crippen LogP contribution < -0.4 is 9.47 Å². The quantitative estimate of drug-likeness (QED) is 0.413. The van der Waals surface area contributed by atoms with Crippen LogP contribution in [0, 0.1) is 0 Å². The van der Waals surface area contributed by atoms with E-state index in [1.54, 1.807) is 31.8 Å². The molecule has 6 nitrogen and oxygen atoms in total. The van der Waals surface area contributed by atoms with Crippen LogP contribution in [0.5, 0.6) is 11.5 Å². The number of hydrogen-bond acceptors (Lipinski definition) is 6. The average molecular weight is 409 g/mol. The Labute approximate surface area is 172 Å². The van der Waals surface area contributed by atoms with Gasteiger partial charge in [-0.25, -0.2) is 4.79 Å². The summed E-state index contributed by atoms with van der Waals surface area (Å²) in [6.07, 6.45) is 1.84. The van der Waals surface area contributed by atoms with Crippen LogP contribution >= 0.6 is 11.8 Å². The van der Waals surface area contributed by atoms with E-state index >= 15 is 0 Å². The number of fused-ring (bicyclic) bond motifs is 1. The lowest BCUT2D eigenvalue weighted by Crippen LogP contribution is -2.51. The molecule has 29 heavy (non-hydrogen) atoms. The summed E-state index contributed by atoms with van der Waals surface area (Å²) in [5.74, 6) is 0.809. The van der Waals surface area contributed by atoms with E-state index in [-0.39, 0.29) is 23.6 Å². The monoisotopic (exact) mass is 409 g/mol. The molecule has 0 spiro atoms. The third kappa shape index (κ3) is 3.73. The first-order valence-electron chi connectivity index (χ1n) is 8.95. The highest BCUT2D eigenvalue weighted by atomic mass is 32.2. The fourth-order valence-corrected chi connectivity index (χ4v) is 4.20. The molecule has 0 saturated carbocycles. The van der Waals surface area contributed by atoms with Crippen molar-refractivity contribution >= 4 is 29.7 Å². The number of carbonyl (C=O) groups excluding carboxylic acids is 2. The van der Waals surface area contributed by atoms with E-state index in [0.29, 0.717) is 5.57 Å². The van der Waals surface area contributed by atoms with Gasteiger partial charge in [-0.15, -0.1) is 11.8 Å². The third-order valence-corrected chi connectivity index (χ3v) is 5.79. The number of methoxy groups -OCH3 is 2. The van der Waals surface area contributed by atoms with Crippen LogP contribution in [-0.4, -0.2) is 36.4 Å². The Hall–Kier alpha value is -3.19. The number of nitrogens with zero attached hydrogens (tertiary/aromatic N) is 1. The Bertz CT molecular complexity index is 995. The minimum atomic E-state index is -0.507. The molecule has 0 aromatic heterocycles. The van der Waals surface area contributed by atoms with E-state index in [0.717, 1.165) is 22.6 Å². The van der Waals surface area contributed by atoms with Crippen LogP contribution in [-0.2, 0) is 20.9 Å². The molecule has 2 heterocycles. The van der Waals surface area contributed by atoms with E-state index < -0.39 is 5.97 Å². The van der Waals surface area contributed by atoms with Gasteiger partial charge in [-0.3, -0.25) is 9.69 Å². The van der Waals surface area contributed by atoms with Gasteiger partial charge in [0.2, 0.25) is 0 Å². The molecule has 0 bridgehead atoms. The minimum absolute atomic E-state index is 0.131. The second-order valence-corrected chi connectivity index (χ2v) is 7.42. The number of rotatable bonds is 6. The fraction of sp³-hybridized carbons (Fsp3) is 0.182. The van der Waals surface area contributed by atoms with Gasteiger partial charge >= 0.3 is 5.97 Å². The van der Waals surface area contributed by atoms with E-state index in [4.69, 9.17) is 14.2 Å². The molecule has 0 unspecified atom stereocenters. The molecule has 0 radical (unpaired) electrons.